The van der Waals surface area contributed by atoms with E-state index in [1.54, 1.807) is 17.0 Å². The number of nitrogens with zero attached hydrogens (tertiary/aromatic N) is 1. The fraction of sp³-hybridized carbons (Fsp3) is 0.526. The lowest BCUT2D eigenvalue weighted by Gasteiger charge is -2.30. The number of benzene rings is 1. The predicted octanol–water partition coefficient (Wildman–Crippen LogP) is 2.29. The van der Waals surface area contributed by atoms with Gasteiger partial charge in [0.05, 0.1) is 5.92 Å². The Balaban J connectivity index is 1.96. The monoisotopic (exact) mass is 346 g/mol. The van der Waals surface area contributed by atoms with Crippen molar-refractivity contribution in [1.82, 2.24) is 10.2 Å². The van der Waals surface area contributed by atoms with Crippen molar-refractivity contribution in [2.24, 2.45) is 11.3 Å². The number of piperidine rings is 1. The van der Waals surface area contributed by atoms with Gasteiger partial charge < -0.3 is 15.3 Å². The number of hydrogen-bond donors (Lipinski definition) is 2. The third-order valence-corrected chi connectivity index (χ3v) is 4.39. The van der Waals surface area contributed by atoms with Gasteiger partial charge in [0.2, 0.25) is 5.91 Å². The molecule has 6 nitrogen and oxygen atoms in total. The van der Waals surface area contributed by atoms with E-state index in [1.165, 1.54) is 0 Å². The van der Waals surface area contributed by atoms with Crippen molar-refractivity contribution in [3.05, 3.63) is 35.4 Å². The summed E-state index contributed by atoms with van der Waals surface area (Å²) in [5, 5.41) is 12.0. The van der Waals surface area contributed by atoms with E-state index in [4.69, 9.17) is 5.11 Å². The maximum Gasteiger partial charge on any atom is 0.308 e. The molecule has 1 atom stereocenters. The number of nitrogens with one attached hydrogen (secondary N) is 1. The quantitative estimate of drug-likeness (QED) is 0.876. The molecule has 0 aromatic heterocycles. The van der Waals surface area contributed by atoms with Crippen LogP contribution in [0.5, 0.6) is 0 Å². The van der Waals surface area contributed by atoms with Crippen molar-refractivity contribution in [2.75, 3.05) is 13.1 Å². The van der Waals surface area contributed by atoms with Crippen molar-refractivity contribution >= 4 is 17.8 Å². The Kier molecular flexibility index (Phi) is 5.82. The van der Waals surface area contributed by atoms with Gasteiger partial charge in [0.1, 0.15) is 0 Å². The maximum absolute atomic E-state index is 12.5. The molecule has 1 aromatic carbocycles. The van der Waals surface area contributed by atoms with E-state index < -0.39 is 17.3 Å². The molecule has 0 spiro atoms. The number of carbonyl (C=O) groups excluding carboxylic acids is 2. The number of aliphatic carboxylic acids is 1. The summed E-state index contributed by atoms with van der Waals surface area (Å²) < 4.78 is 0. The third-order valence-electron chi connectivity index (χ3n) is 4.39. The Morgan fingerprint density at radius 1 is 1.20 bits per heavy atom. The lowest BCUT2D eigenvalue weighted by Crippen LogP contribution is -2.42. The fourth-order valence-electron chi connectivity index (χ4n) is 2.76. The highest BCUT2D eigenvalue weighted by Gasteiger charge is 2.28. The van der Waals surface area contributed by atoms with Crippen molar-refractivity contribution in [3.63, 3.8) is 0 Å². The van der Waals surface area contributed by atoms with Crippen LogP contribution >= 0.6 is 0 Å². The van der Waals surface area contributed by atoms with Crippen molar-refractivity contribution in [1.29, 1.82) is 0 Å². The minimum atomic E-state index is -0.845. The molecule has 25 heavy (non-hydrogen) atoms. The summed E-state index contributed by atoms with van der Waals surface area (Å²) in [6.07, 6.45) is 1.32. The number of carboxylic acids is 1. The van der Waals surface area contributed by atoms with Crippen LogP contribution in [0.3, 0.4) is 0 Å². The molecule has 2 N–H and O–H groups in total. The average molecular weight is 346 g/mol. The Morgan fingerprint density at radius 3 is 2.40 bits per heavy atom. The number of carboxylic acid groups (broad SMARTS) is 1. The second kappa shape index (κ2) is 7.68. The first-order chi connectivity index (χ1) is 11.7. The second-order valence-corrected chi connectivity index (χ2v) is 7.56. The van der Waals surface area contributed by atoms with Crippen LogP contribution in [0.2, 0.25) is 0 Å². The number of likely N-dealkylation sites (tertiary alicyclic amines) is 1. The summed E-state index contributed by atoms with van der Waals surface area (Å²) >= 11 is 0. The van der Waals surface area contributed by atoms with Gasteiger partial charge in [-0.05, 0) is 30.5 Å². The first kappa shape index (κ1) is 19.0. The lowest BCUT2D eigenvalue weighted by molar-refractivity contribution is -0.143. The molecule has 1 aromatic rings. The maximum atomic E-state index is 12.5. The van der Waals surface area contributed by atoms with E-state index in [0.29, 0.717) is 31.5 Å². The van der Waals surface area contributed by atoms with E-state index in [1.807, 2.05) is 32.9 Å². The molecule has 1 heterocycles. The topological polar surface area (TPSA) is 86.7 Å². The van der Waals surface area contributed by atoms with Crippen LogP contribution in [0.1, 0.15) is 49.5 Å². The Labute approximate surface area is 148 Å². The number of rotatable bonds is 4. The highest BCUT2D eigenvalue weighted by atomic mass is 16.4. The molecule has 1 fully saturated rings. The standard InChI is InChI=1S/C19H26N2O4/c1-19(2,3)18(25)20-11-13-6-8-14(9-7-13)16(22)21-10-4-5-15(12-21)17(23)24/h6-9,15H,4-5,10-12H2,1-3H3,(H,20,25)(H,23,24). The van der Waals surface area contributed by atoms with Gasteiger partial charge in [-0.25, -0.2) is 0 Å². The summed E-state index contributed by atoms with van der Waals surface area (Å²) in [5.41, 5.74) is 1.01. The molecule has 2 amide bonds. The van der Waals surface area contributed by atoms with E-state index in [9.17, 15) is 14.4 Å². The highest BCUT2D eigenvalue weighted by Crippen LogP contribution is 2.19. The molecule has 6 heteroatoms. The first-order valence-corrected chi connectivity index (χ1v) is 8.58. The smallest absolute Gasteiger partial charge is 0.308 e. The van der Waals surface area contributed by atoms with E-state index in [-0.39, 0.29) is 18.4 Å². The molecular formula is C19H26N2O4. The third kappa shape index (κ3) is 5.05. The molecule has 2 rings (SSSR count). The zero-order chi connectivity index (χ0) is 18.6. The Bertz CT molecular complexity index is 646. The second-order valence-electron chi connectivity index (χ2n) is 7.56. The van der Waals surface area contributed by atoms with E-state index >= 15 is 0 Å². The van der Waals surface area contributed by atoms with Gasteiger partial charge in [-0.15, -0.1) is 0 Å². The summed E-state index contributed by atoms with van der Waals surface area (Å²) in [6.45, 7) is 6.83. The van der Waals surface area contributed by atoms with Gasteiger partial charge in [-0.3, -0.25) is 14.4 Å². The van der Waals surface area contributed by atoms with Crippen LogP contribution in [0.4, 0.5) is 0 Å². The molecule has 0 saturated carbocycles. The molecule has 1 aliphatic rings. The Hall–Kier alpha value is -2.37. The lowest BCUT2D eigenvalue weighted by atomic mass is 9.95. The minimum Gasteiger partial charge on any atom is -0.481 e. The van der Waals surface area contributed by atoms with Gasteiger partial charge in [0.25, 0.3) is 5.91 Å². The summed E-state index contributed by atoms with van der Waals surface area (Å²) in [7, 11) is 0. The highest BCUT2D eigenvalue weighted by molar-refractivity contribution is 5.94. The number of hydrogen-bond acceptors (Lipinski definition) is 3. The largest absolute Gasteiger partial charge is 0.481 e. The Morgan fingerprint density at radius 2 is 1.84 bits per heavy atom. The summed E-state index contributed by atoms with van der Waals surface area (Å²) in [4.78, 5) is 37.2. The molecule has 1 unspecified atom stereocenters. The predicted molar refractivity (Wildman–Crippen MR) is 94.0 cm³/mol. The van der Waals surface area contributed by atoms with Crippen LogP contribution in [0.15, 0.2) is 24.3 Å². The molecular weight excluding hydrogens is 320 g/mol. The van der Waals surface area contributed by atoms with Gasteiger partial charge in [-0.2, -0.15) is 0 Å². The van der Waals surface area contributed by atoms with Gasteiger partial charge in [0, 0.05) is 30.6 Å². The molecule has 0 radical (unpaired) electrons. The molecule has 0 aliphatic carbocycles. The van der Waals surface area contributed by atoms with Crippen LogP contribution in [-0.4, -0.2) is 40.9 Å². The molecule has 0 bridgehead atoms. The zero-order valence-corrected chi connectivity index (χ0v) is 15.0. The van der Waals surface area contributed by atoms with Crippen LogP contribution in [0, 0.1) is 11.3 Å². The summed E-state index contributed by atoms with van der Waals surface area (Å²) in [5.74, 6) is -1.50. The molecule has 1 saturated heterocycles. The van der Waals surface area contributed by atoms with Gasteiger partial charge in [0.15, 0.2) is 0 Å². The van der Waals surface area contributed by atoms with Gasteiger partial charge in [-0.1, -0.05) is 32.9 Å². The van der Waals surface area contributed by atoms with Crippen molar-refractivity contribution in [3.8, 4) is 0 Å². The van der Waals surface area contributed by atoms with Gasteiger partial charge >= 0.3 is 5.97 Å². The number of carbonyl (C=O) groups is 3. The zero-order valence-electron chi connectivity index (χ0n) is 15.0. The van der Waals surface area contributed by atoms with Crippen molar-refractivity contribution in [2.45, 2.75) is 40.2 Å². The summed E-state index contributed by atoms with van der Waals surface area (Å²) in [6, 6.07) is 7.08. The van der Waals surface area contributed by atoms with Crippen molar-refractivity contribution < 1.29 is 19.5 Å². The van der Waals surface area contributed by atoms with E-state index in [0.717, 1.165) is 5.56 Å². The normalized spacial score (nSPS) is 17.9. The minimum absolute atomic E-state index is 0.0271. The average Bonchev–Trinajstić information content (AvgIpc) is 2.58. The first-order valence-electron chi connectivity index (χ1n) is 8.58. The van der Waals surface area contributed by atoms with E-state index in [2.05, 4.69) is 5.32 Å². The SMILES string of the molecule is CC(C)(C)C(=O)NCc1ccc(C(=O)N2CCCC(C(=O)O)C2)cc1. The fourth-order valence-corrected chi connectivity index (χ4v) is 2.76. The number of amides is 2. The van der Waals surface area contributed by atoms with Crippen LogP contribution in [-0.2, 0) is 16.1 Å². The molecule has 136 valence electrons. The molecule has 1 aliphatic heterocycles. The van der Waals surface area contributed by atoms with Crippen LogP contribution < -0.4 is 5.32 Å². The van der Waals surface area contributed by atoms with Crippen LogP contribution in [0.25, 0.3) is 0 Å².